The number of rotatable bonds is 4. The minimum absolute atomic E-state index is 0.176. The fourth-order valence-corrected chi connectivity index (χ4v) is 2.57. The normalized spacial score (nSPS) is 28.2. The zero-order valence-electron chi connectivity index (χ0n) is 10.6. The first-order valence-corrected chi connectivity index (χ1v) is 6.26. The Labute approximate surface area is 103 Å². The number of nitrogens with two attached hydrogens (primary N) is 1. The molecule has 1 aromatic rings. The summed E-state index contributed by atoms with van der Waals surface area (Å²) in [7, 11) is 1.79. The maximum Gasteiger partial charge on any atom is 0.122 e. The minimum atomic E-state index is 0.176. The van der Waals surface area contributed by atoms with Gasteiger partial charge < -0.3 is 14.9 Å². The molecule has 1 fully saturated rings. The largest absolute Gasteiger partial charge is 0.468 e. The summed E-state index contributed by atoms with van der Waals surface area (Å²) in [5.74, 6) is 1.57. The van der Waals surface area contributed by atoms with Crippen LogP contribution in [0.15, 0.2) is 22.8 Å². The summed E-state index contributed by atoms with van der Waals surface area (Å²) in [6.45, 7) is 4.82. The maximum absolute atomic E-state index is 5.87. The maximum atomic E-state index is 5.87. The van der Waals surface area contributed by atoms with Crippen molar-refractivity contribution in [1.82, 2.24) is 4.90 Å². The summed E-state index contributed by atoms with van der Waals surface area (Å²) in [6.07, 6.45) is 3.15. The lowest BCUT2D eigenvalue weighted by atomic mass is 9.94. The first-order chi connectivity index (χ1) is 8.26. The quantitative estimate of drug-likeness (QED) is 0.866. The van der Waals surface area contributed by atoms with Gasteiger partial charge in [0.2, 0.25) is 0 Å². The minimum Gasteiger partial charge on any atom is -0.468 e. The molecule has 0 spiro atoms. The van der Waals surface area contributed by atoms with Crippen LogP contribution >= 0.6 is 0 Å². The van der Waals surface area contributed by atoms with Gasteiger partial charge in [-0.3, -0.25) is 4.90 Å². The van der Waals surface area contributed by atoms with Gasteiger partial charge in [-0.1, -0.05) is 6.92 Å². The highest BCUT2D eigenvalue weighted by atomic mass is 16.5. The highest BCUT2D eigenvalue weighted by Crippen LogP contribution is 2.27. The van der Waals surface area contributed by atoms with Crippen LogP contribution in [0.2, 0.25) is 0 Å². The van der Waals surface area contributed by atoms with Gasteiger partial charge >= 0.3 is 0 Å². The number of piperidine rings is 1. The average Bonchev–Trinajstić information content (AvgIpc) is 2.86. The Bertz CT molecular complexity index is 326. The van der Waals surface area contributed by atoms with E-state index in [1.807, 2.05) is 12.1 Å². The third kappa shape index (κ3) is 2.70. The number of hydrogen-bond donors (Lipinski definition) is 1. The van der Waals surface area contributed by atoms with E-state index in [-0.39, 0.29) is 6.04 Å². The molecule has 2 N–H and O–H groups in total. The Balaban J connectivity index is 2.06. The summed E-state index contributed by atoms with van der Waals surface area (Å²) >= 11 is 0. The molecule has 2 rings (SSSR count). The molecule has 1 saturated heterocycles. The van der Waals surface area contributed by atoms with Crippen molar-refractivity contribution < 1.29 is 9.15 Å². The molecule has 4 nitrogen and oxygen atoms in total. The van der Waals surface area contributed by atoms with Crippen LogP contribution in [0.4, 0.5) is 0 Å². The number of hydrogen-bond acceptors (Lipinski definition) is 4. The van der Waals surface area contributed by atoms with E-state index in [4.69, 9.17) is 14.9 Å². The van der Waals surface area contributed by atoms with Crippen molar-refractivity contribution in [2.45, 2.75) is 25.5 Å². The second-order valence-electron chi connectivity index (χ2n) is 4.80. The van der Waals surface area contributed by atoms with Crippen LogP contribution in [-0.4, -0.2) is 37.7 Å². The number of likely N-dealkylation sites (tertiary alicyclic amines) is 1. The van der Waals surface area contributed by atoms with Crippen molar-refractivity contribution in [3.05, 3.63) is 24.2 Å². The lowest BCUT2D eigenvalue weighted by Gasteiger charge is -2.39. The third-order valence-electron chi connectivity index (χ3n) is 3.76. The molecule has 1 aliphatic rings. The molecule has 1 aromatic heterocycles. The van der Waals surface area contributed by atoms with E-state index in [0.29, 0.717) is 18.6 Å². The standard InChI is InChI=1S/C13H22N2O2/c1-10-5-6-15(9-13(10)16-2)11(8-14)12-4-3-7-17-12/h3-4,7,10-11,13H,5-6,8-9,14H2,1-2H3. The molecule has 96 valence electrons. The molecular formula is C13H22N2O2. The van der Waals surface area contributed by atoms with E-state index in [2.05, 4.69) is 11.8 Å². The zero-order valence-corrected chi connectivity index (χ0v) is 10.6. The van der Waals surface area contributed by atoms with Gasteiger partial charge in [0.15, 0.2) is 0 Å². The average molecular weight is 238 g/mol. The number of ether oxygens (including phenoxy) is 1. The van der Waals surface area contributed by atoms with Gasteiger partial charge in [0.05, 0.1) is 18.4 Å². The topological polar surface area (TPSA) is 51.6 Å². The van der Waals surface area contributed by atoms with Crippen LogP contribution in [0.3, 0.4) is 0 Å². The van der Waals surface area contributed by atoms with Crippen molar-refractivity contribution in [1.29, 1.82) is 0 Å². The van der Waals surface area contributed by atoms with Crippen molar-refractivity contribution >= 4 is 0 Å². The molecule has 17 heavy (non-hydrogen) atoms. The molecule has 0 aliphatic carbocycles. The van der Waals surface area contributed by atoms with Crippen LogP contribution < -0.4 is 5.73 Å². The predicted molar refractivity (Wildman–Crippen MR) is 66.7 cm³/mol. The summed E-state index contributed by atoms with van der Waals surface area (Å²) in [5.41, 5.74) is 5.87. The Hall–Kier alpha value is -0.840. The van der Waals surface area contributed by atoms with Gasteiger partial charge in [0, 0.05) is 20.2 Å². The highest BCUT2D eigenvalue weighted by molar-refractivity contribution is 5.06. The molecule has 2 heterocycles. The number of nitrogens with zero attached hydrogens (tertiary/aromatic N) is 1. The van der Waals surface area contributed by atoms with Crippen molar-refractivity contribution in [2.24, 2.45) is 11.7 Å². The van der Waals surface area contributed by atoms with Crippen molar-refractivity contribution in [3.63, 3.8) is 0 Å². The van der Waals surface area contributed by atoms with Gasteiger partial charge in [-0.15, -0.1) is 0 Å². The SMILES string of the molecule is COC1CN(C(CN)c2ccco2)CCC1C. The van der Waals surface area contributed by atoms with Crippen LogP contribution in [0.25, 0.3) is 0 Å². The predicted octanol–water partition coefficient (Wildman–Crippen LogP) is 1.64. The lowest BCUT2D eigenvalue weighted by molar-refractivity contribution is -0.0210. The van der Waals surface area contributed by atoms with E-state index >= 15 is 0 Å². The molecule has 1 aliphatic heterocycles. The zero-order chi connectivity index (χ0) is 12.3. The Morgan fingerprint density at radius 2 is 2.47 bits per heavy atom. The van der Waals surface area contributed by atoms with Crippen LogP contribution in [0, 0.1) is 5.92 Å². The molecule has 4 heteroatoms. The van der Waals surface area contributed by atoms with Crippen LogP contribution in [0.5, 0.6) is 0 Å². The summed E-state index contributed by atoms with van der Waals surface area (Å²) in [5, 5.41) is 0. The molecule has 0 aromatic carbocycles. The van der Waals surface area contributed by atoms with Gasteiger partial charge in [0.1, 0.15) is 5.76 Å². The Morgan fingerprint density at radius 3 is 3.06 bits per heavy atom. The summed E-state index contributed by atoms with van der Waals surface area (Å²) < 4.78 is 11.0. The van der Waals surface area contributed by atoms with Gasteiger partial charge in [-0.25, -0.2) is 0 Å². The lowest BCUT2D eigenvalue weighted by Crippen LogP contribution is -2.47. The number of methoxy groups -OCH3 is 1. The van der Waals surface area contributed by atoms with E-state index in [1.165, 1.54) is 0 Å². The molecule has 0 amide bonds. The van der Waals surface area contributed by atoms with E-state index in [9.17, 15) is 0 Å². The smallest absolute Gasteiger partial charge is 0.122 e. The molecule has 3 unspecified atom stereocenters. The molecular weight excluding hydrogens is 216 g/mol. The van der Waals surface area contributed by atoms with E-state index < -0.39 is 0 Å². The fourth-order valence-electron chi connectivity index (χ4n) is 2.57. The first-order valence-electron chi connectivity index (χ1n) is 6.26. The molecule has 0 radical (unpaired) electrons. The molecule has 3 atom stereocenters. The first kappa shape index (κ1) is 12.6. The third-order valence-corrected chi connectivity index (χ3v) is 3.76. The Morgan fingerprint density at radius 1 is 1.65 bits per heavy atom. The van der Waals surface area contributed by atoms with Crippen molar-refractivity contribution in [2.75, 3.05) is 26.7 Å². The van der Waals surface area contributed by atoms with Crippen LogP contribution in [-0.2, 0) is 4.74 Å². The van der Waals surface area contributed by atoms with Gasteiger partial charge in [-0.05, 0) is 31.0 Å². The summed E-state index contributed by atoms with van der Waals surface area (Å²) in [4.78, 5) is 2.37. The second kappa shape index (κ2) is 5.67. The van der Waals surface area contributed by atoms with E-state index in [0.717, 1.165) is 25.3 Å². The van der Waals surface area contributed by atoms with E-state index in [1.54, 1.807) is 13.4 Å². The number of furan rings is 1. The monoisotopic (exact) mass is 238 g/mol. The van der Waals surface area contributed by atoms with Gasteiger partial charge in [-0.2, -0.15) is 0 Å². The Kier molecular flexibility index (Phi) is 4.20. The van der Waals surface area contributed by atoms with Crippen molar-refractivity contribution in [3.8, 4) is 0 Å². The van der Waals surface area contributed by atoms with Gasteiger partial charge in [0.25, 0.3) is 0 Å². The molecule has 0 bridgehead atoms. The fraction of sp³-hybridized carbons (Fsp3) is 0.692. The summed E-state index contributed by atoms with van der Waals surface area (Å²) in [6, 6.07) is 4.09. The second-order valence-corrected chi connectivity index (χ2v) is 4.80. The van der Waals surface area contributed by atoms with Crippen LogP contribution in [0.1, 0.15) is 25.1 Å². The molecule has 0 saturated carbocycles. The highest BCUT2D eigenvalue weighted by Gasteiger charge is 2.31.